The molecule has 4 N–H and O–H groups in total. The van der Waals surface area contributed by atoms with Crippen molar-refractivity contribution in [3.63, 3.8) is 0 Å². The van der Waals surface area contributed by atoms with E-state index in [1.54, 1.807) is 6.92 Å². The van der Waals surface area contributed by atoms with E-state index in [2.05, 4.69) is 27.7 Å². The van der Waals surface area contributed by atoms with Gasteiger partial charge in [-0.1, -0.05) is 79.1 Å². The molecule has 0 aliphatic heterocycles. The Bertz CT molecular complexity index is 279. The third-order valence-corrected chi connectivity index (χ3v) is 5.19. The molecule has 0 bridgehead atoms. The van der Waals surface area contributed by atoms with Crippen molar-refractivity contribution in [2.45, 2.75) is 104 Å². The van der Waals surface area contributed by atoms with E-state index in [0.29, 0.717) is 12.3 Å². The molecule has 0 aliphatic rings. The molecule has 23 heavy (non-hydrogen) atoms. The molecule has 0 radical (unpaired) electrons. The minimum absolute atomic E-state index is 0.122. The second-order valence-electron chi connectivity index (χ2n) is 8.47. The first-order chi connectivity index (χ1) is 10.7. The van der Waals surface area contributed by atoms with Crippen LogP contribution in [0.4, 0.5) is 0 Å². The van der Waals surface area contributed by atoms with E-state index in [0.717, 1.165) is 24.7 Å². The molecule has 3 nitrogen and oxygen atoms in total. The molecule has 0 aromatic heterocycles. The van der Waals surface area contributed by atoms with Gasteiger partial charge in [0.15, 0.2) is 0 Å². The third kappa shape index (κ3) is 12.0. The Labute approximate surface area is 145 Å². The maximum Gasteiger partial charge on any atom is 0.0946 e. The van der Waals surface area contributed by atoms with Gasteiger partial charge in [0.2, 0.25) is 0 Å². The Morgan fingerprint density at radius 1 is 0.826 bits per heavy atom. The van der Waals surface area contributed by atoms with Gasteiger partial charge in [0.05, 0.1) is 11.7 Å². The smallest absolute Gasteiger partial charge is 0.0946 e. The number of nitrogens with two attached hydrogens (primary N) is 1. The van der Waals surface area contributed by atoms with Crippen LogP contribution in [-0.4, -0.2) is 28.5 Å². The molecular weight excluding hydrogens is 286 g/mol. The van der Waals surface area contributed by atoms with Crippen molar-refractivity contribution < 1.29 is 10.2 Å². The van der Waals surface area contributed by atoms with Gasteiger partial charge in [0, 0.05) is 6.54 Å². The molecule has 140 valence electrons. The normalized spacial score (nSPS) is 18.7. The van der Waals surface area contributed by atoms with Crippen molar-refractivity contribution in [1.29, 1.82) is 0 Å². The van der Waals surface area contributed by atoms with Gasteiger partial charge < -0.3 is 15.9 Å². The molecule has 0 aliphatic carbocycles. The van der Waals surface area contributed by atoms with Crippen LogP contribution in [0.25, 0.3) is 0 Å². The zero-order valence-corrected chi connectivity index (χ0v) is 16.4. The van der Waals surface area contributed by atoms with Gasteiger partial charge in [-0.15, -0.1) is 0 Å². The number of rotatable bonds is 14. The predicted molar refractivity (Wildman–Crippen MR) is 100 cm³/mol. The van der Waals surface area contributed by atoms with Crippen LogP contribution in [0.1, 0.15) is 92.4 Å². The van der Waals surface area contributed by atoms with Gasteiger partial charge in [0.1, 0.15) is 0 Å². The first kappa shape index (κ1) is 22.9. The van der Waals surface area contributed by atoms with Gasteiger partial charge in [-0.25, -0.2) is 0 Å². The molecule has 0 amide bonds. The van der Waals surface area contributed by atoms with Crippen LogP contribution in [0.3, 0.4) is 0 Å². The van der Waals surface area contributed by atoms with Crippen LogP contribution in [-0.2, 0) is 0 Å². The molecule has 0 spiro atoms. The lowest BCUT2D eigenvalue weighted by Gasteiger charge is -2.28. The lowest BCUT2D eigenvalue weighted by Crippen LogP contribution is -2.43. The van der Waals surface area contributed by atoms with E-state index < -0.39 is 11.7 Å². The molecular formula is C20H43NO2. The summed E-state index contributed by atoms with van der Waals surface area (Å²) >= 11 is 0. The molecule has 3 heteroatoms. The second kappa shape index (κ2) is 12.3. The lowest BCUT2D eigenvalue weighted by atomic mass is 9.88. The zero-order chi connectivity index (χ0) is 17.9. The van der Waals surface area contributed by atoms with E-state index >= 15 is 0 Å². The standard InChI is InChI=1S/C20H43NO2/c1-16(2)9-6-10-17(3)11-7-12-18(4)13-8-14-20(5,23)19(22)15-21/h16-19,22-23H,6-15,21H2,1-5H3. The second-order valence-corrected chi connectivity index (χ2v) is 8.47. The molecule has 4 atom stereocenters. The fourth-order valence-corrected chi connectivity index (χ4v) is 3.21. The van der Waals surface area contributed by atoms with Crippen LogP contribution in [0.15, 0.2) is 0 Å². The Kier molecular flexibility index (Phi) is 12.2. The van der Waals surface area contributed by atoms with Crippen molar-refractivity contribution in [2.24, 2.45) is 23.5 Å². The molecule has 4 unspecified atom stereocenters. The van der Waals surface area contributed by atoms with E-state index in [4.69, 9.17) is 5.73 Å². The molecule has 0 aromatic rings. The maximum absolute atomic E-state index is 10.1. The Morgan fingerprint density at radius 2 is 1.26 bits per heavy atom. The van der Waals surface area contributed by atoms with Crippen LogP contribution in [0, 0.1) is 17.8 Å². The summed E-state index contributed by atoms with van der Waals surface area (Å²) in [5.74, 6) is 2.38. The van der Waals surface area contributed by atoms with Gasteiger partial charge in [-0.3, -0.25) is 0 Å². The van der Waals surface area contributed by atoms with Crippen molar-refractivity contribution in [2.75, 3.05) is 6.54 Å². The molecule has 0 rings (SSSR count). The van der Waals surface area contributed by atoms with E-state index in [9.17, 15) is 10.2 Å². The largest absolute Gasteiger partial charge is 0.389 e. The molecule has 0 saturated carbocycles. The Hall–Kier alpha value is -0.120. The van der Waals surface area contributed by atoms with Gasteiger partial charge >= 0.3 is 0 Å². The maximum atomic E-state index is 10.1. The molecule has 0 fully saturated rings. The summed E-state index contributed by atoms with van der Waals surface area (Å²) in [7, 11) is 0. The fraction of sp³-hybridized carbons (Fsp3) is 1.00. The van der Waals surface area contributed by atoms with Crippen LogP contribution >= 0.6 is 0 Å². The average molecular weight is 330 g/mol. The van der Waals surface area contributed by atoms with Crippen molar-refractivity contribution in [1.82, 2.24) is 0 Å². The summed E-state index contributed by atoms with van der Waals surface area (Å²) in [5.41, 5.74) is 4.38. The highest BCUT2D eigenvalue weighted by atomic mass is 16.3. The number of hydrogen-bond donors (Lipinski definition) is 3. The highest BCUT2D eigenvalue weighted by molar-refractivity contribution is 4.82. The van der Waals surface area contributed by atoms with Gasteiger partial charge in [-0.05, 0) is 31.1 Å². The first-order valence-corrected chi connectivity index (χ1v) is 9.79. The van der Waals surface area contributed by atoms with E-state index in [1.165, 1.54) is 38.5 Å². The van der Waals surface area contributed by atoms with Gasteiger partial charge in [-0.2, -0.15) is 0 Å². The third-order valence-electron chi connectivity index (χ3n) is 5.19. The summed E-state index contributed by atoms with van der Waals surface area (Å²) in [6, 6.07) is 0. The van der Waals surface area contributed by atoms with Crippen molar-refractivity contribution >= 4 is 0 Å². The highest BCUT2D eigenvalue weighted by Crippen LogP contribution is 2.24. The summed E-state index contributed by atoms with van der Waals surface area (Å²) in [4.78, 5) is 0. The minimum Gasteiger partial charge on any atom is -0.389 e. The van der Waals surface area contributed by atoms with E-state index in [-0.39, 0.29) is 6.54 Å². The molecule has 0 saturated heterocycles. The van der Waals surface area contributed by atoms with E-state index in [1.807, 2.05) is 0 Å². The number of hydrogen-bond acceptors (Lipinski definition) is 3. The zero-order valence-electron chi connectivity index (χ0n) is 16.4. The predicted octanol–water partition coefficient (Wildman–Crippen LogP) is 4.50. The van der Waals surface area contributed by atoms with Crippen LogP contribution in [0.2, 0.25) is 0 Å². The lowest BCUT2D eigenvalue weighted by molar-refractivity contribution is -0.0635. The van der Waals surface area contributed by atoms with Crippen LogP contribution < -0.4 is 5.73 Å². The fourth-order valence-electron chi connectivity index (χ4n) is 3.21. The summed E-state index contributed by atoms with van der Waals surface area (Å²) in [6.07, 6.45) is 9.90. The Morgan fingerprint density at radius 3 is 1.70 bits per heavy atom. The molecule has 0 aromatic carbocycles. The number of aliphatic hydroxyl groups is 2. The van der Waals surface area contributed by atoms with Gasteiger partial charge in [0.25, 0.3) is 0 Å². The first-order valence-electron chi connectivity index (χ1n) is 9.79. The topological polar surface area (TPSA) is 66.5 Å². The SMILES string of the molecule is CC(C)CCCC(C)CCCC(C)CCCC(C)(O)C(O)CN. The number of aliphatic hydroxyl groups excluding tert-OH is 1. The molecule has 0 heterocycles. The van der Waals surface area contributed by atoms with Crippen molar-refractivity contribution in [3.8, 4) is 0 Å². The monoisotopic (exact) mass is 329 g/mol. The average Bonchev–Trinajstić information content (AvgIpc) is 2.45. The quantitative estimate of drug-likeness (QED) is 0.440. The van der Waals surface area contributed by atoms with Crippen LogP contribution in [0.5, 0.6) is 0 Å². The summed E-state index contributed by atoms with van der Waals surface area (Å²) < 4.78 is 0. The summed E-state index contributed by atoms with van der Waals surface area (Å²) in [5, 5.41) is 19.8. The summed E-state index contributed by atoms with van der Waals surface area (Å²) in [6.45, 7) is 11.1. The Balaban J connectivity index is 3.69. The highest BCUT2D eigenvalue weighted by Gasteiger charge is 2.28. The minimum atomic E-state index is -1.04. The van der Waals surface area contributed by atoms with Crippen molar-refractivity contribution in [3.05, 3.63) is 0 Å².